The lowest BCUT2D eigenvalue weighted by atomic mass is 10.1. The lowest BCUT2D eigenvalue weighted by Gasteiger charge is -2.17. The molecular formula is C26H27N7O2. The Balaban J connectivity index is 1.44. The molecule has 0 saturated carbocycles. The van der Waals surface area contributed by atoms with Crippen LogP contribution in [0.2, 0.25) is 0 Å². The van der Waals surface area contributed by atoms with E-state index in [0.717, 1.165) is 17.1 Å². The summed E-state index contributed by atoms with van der Waals surface area (Å²) < 4.78 is 5.26. The van der Waals surface area contributed by atoms with Gasteiger partial charge in [-0.25, -0.2) is 0 Å². The Morgan fingerprint density at radius 2 is 1.66 bits per heavy atom. The van der Waals surface area contributed by atoms with Crippen molar-refractivity contribution in [2.75, 3.05) is 37.1 Å². The first-order valence-corrected chi connectivity index (χ1v) is 11.1. The summed E-state index contributed by atoms with van der Waals surface area (Å²) in [5, 5.41) is 6.41. The first-order valence-electron chi connectivity index (χ1n) is 11.1. The molecule has 0 bridgehead atoms. The van der Waals surface area contributed by atoms with E-state index < -0.39 is 0 Å². The zero-order chi connectivity index (χ0) is 24.6. The van der Waals surface area contributed by atoms with E-state index in [-0.39, 0.29) is 11.9 Å². The van der Waals surface area contributed by atoms with E-state index in [4.69, 9.17) is 10.5 Å². The van der Waals surface area contributed by atoms with Crippen LogP contribution in [-0.2, 0) is 6.42 Å². The van der Waals surface area contributed by atoms with Gasteiger partial charge in [0.1, 0.15) is 17.4 Å². The van der Waals surface area contributed by atoms with Gasteiger partial charge in [0.05, 0.1) is 7.11 Å². The molecule has 0 aliphatic heterocycles. The number of pyridine rings is 1. The molecule has 0 fully saturated rings. The Morgan fingerprint density at radius 3 is 2.34 bits per heavy atom. The minimum Gasteiger partial charge on any atom is -0.497 e. The number of amides is 1. The SMILES string of the molecule is COc1cccc(Nc2cc(Nc3cccc(C(=O)N(C)CCc4ccccn4)c3)nc(N)n2)c1. The predicted octanol–water partition coefficient (Wildman–Crippen LogP) is 4.26. The van der Waals surface area contributed by atoms with E-state index in [2.05, 4.69) is 25.6 Å². The summed E-state index contributed by atoms with van der Waals surface area (Å²) in [5.41, 5.74) is 8.95. The number of carbonyl (C=O) groups is 1. The van der Waals surface area contributed by atoms with E-state index in [1.54, 1.807) is 43.5 Å². The number of methoxy groups -OCH3 is 1. The molecule has 1 amide bonds. The van der Waals surface area contributed by atoms with Crippen LogP contribution in [0.15, 0.2) is 79.0 Å². The Labute approximate surface area is 204 Å². The maximum absolute atomic E-state index is 12.9. The molecule has 0 aliphatic carbocycles. The summed E-state index contributed by atoms with van der Waals surface area (Å²) >= 11 is 0. The molecule has 9 heteroatoms. The minimum atomic E-state index is -0.0767. The number of anilines is 5. The van der Waals surface area contributed by atoms with Crippen molar-refractivity contribution in [3.05, 3.63) is 90.3 Å². The van der Waals surface area contributed by atoms with Crippen molar-refractivity contribution in [2.24, 2.45) is 0 Å². The van der Waals surface area contributed by atoms with Crippen molar-refractivity contribution in [1.29, 1.82) is 0 Å². The van der Waals surface area contributed by atoms with Gasteiger partial charge in [-0.2, -0.15) is 9.97 Å². The second-order valence-electron chi connectivity index (χ2n) is 7.86. The largest absolute Gasteiger partial charge is 0.497 e. The number of nitrogen functional groups attached to an aromatic ring is 1. The smallest absolute Gasteiger partial charge is 0.253 e. The highest BCUT2D eigenvalue weighted by atomic mass is 16.5. The first kappa shape index (κ1) is 23.5. The third-order valence-electron chi connectivity index (χ3n) is 5.24. The molecule has 0 unspecified atom stereocenters. The summed E-state index contributed by atoms with van der Waals surface area (Å²) in [7, 11) is 3.40. The molecule has 0 radical (unpaired) electrons. The highest BCUT2D eigenvalue weighted by Crippen LogP contribution is 2.24. The molecule has 4 rings (SSSR count). The molecule has 9 nitrogen and oxygen atoms in total. The normalized spacial score (nSPS) is 10.5. The number of aromatic nitrogens is 3. The number of rotatable bonds is 9. The van der Waals surface area contributed by atoms with E-state index in [0.29, 0.717) is 35.9 Å². The average molecular weight is 470 g/mol. The Bertz CT molecular complexity index is 1300. The molecule has 4 aromatic rings. The number of nitrogens with one attached hydrogen (secondary N) is 2. The van der Waals surface area contributed by atoms with Crippen molar-refractivity contribution in [2.45, 2.75) is 6.42 Å². The summed E-state index contributed by atoms with van der Waals surface area (Å²) in [5.74, 6) is 1.78. The van der Waals surface area contributed by atoms with Crippen LogP contribution in [0.1, 0.15) is 16.1 Å². The van der Waals surface area contributed by atoms with E-state index >= 15 is 0 Å². The molecule has 178 valence electrons. The van der Waals surface area contributed by atoms with Gasteiger partial charge in [-0.1, -0.05) is 18.2 Å². The summed E-state index contributed by atoms with van der Waals surface area (Å²) in [6, 6.07) is 22.2. The second kappa shape index (κ2) is 11.0. The zero-order valence-corrected chi connectivity index (χ0v) is 19.6. The highest BCUT2D eigenvalue weighted by molar-refractivity contribution is 5.95. The van der Waals surface area contributed by atoms with Gasteiger partial charge < -0.3 is 26.0 Å². The Hall–Kier alpha value is -4.66. The standard InChI is InChI=1S/C26H27N7O2/c1-33(14-12-19-8-3-4-13-28-19)25(34)18-7-5-9-20(15-18)29-23-17-24(32-26(27)31-23)30-21-10-6-11-22(16-21)35-2/h3-11,13,15-17H,12,14H2,1-2H3,(H4,27,29,30,31,32). The van der Waals surface area contributed by atoms with E-state index in [1.807, 2.05) is 54.6 Å². The molecule has 2 heterocycles. The Kier molecular flexibility index (Phi) is 7.37. The summed E-state index contributed by atoms with van der Waals surface area (Å²) in [6.45, 7) is 0.565. The third-order valence-corrected chi connectivity index (χ3v) is 5.24. The monoisotopic (exact) mass is 469 g/mol. The van der Waals surface area contributed by atoms with Gasteiger partial charge in [0.15, 0.2) is 0 Å². The van der Waals surface area contributed by atoms with Gasteiger partial charge in [-0.3, -0.25) is 9.78 Å². The van der Waals surface area contributed by atoms with Crippen molar-refractivity contribution in [3.8, 4) is 5.75 Å². The molecule has 35 heavy (non-hydrogen) atoms. The number of benzene rings is 2. The van der Waals surface area contributed by atoms with Crippen LogP contribution < -0.4 is 21.1 Å². The first-order chi connectivity index (χ1) is 17.0. The van der Waals surface area contributed by atoms with Crippen LogP contribution in [0.4, 0.5) is 29.0 Å². The quantitative estimate of drug-likeness (QED) is 0.333. The van der Waals surface area contributed by atoms with Gasteiger partial charge in [0, 0.05) is 61.0 Å². The van der Waals surface area contributed by atoms with Crippen molar-refractivity contribution in [1.82, 2.24) is 19.9 Å². The molecular weight excluding hydrogens is 442 g/mol. The van der Waals surface area contributed by atoms with Crippen molar-refractivity contribution < 1.29 is 9.53 Å². The minimum absolute atomic E-state index is 0.0767. The highest BCUT2D eigenvalue weighted by Gasteiger charge is 2.13. The van der Waals surface area contributed by atoms with Crippen LogP contribution in [0.5, 0.6) is 5.75 Å². The number of hydrogen-bond acceptors (Lipinski definition) is 8. The van der Waals surface area contributed by atoms with Gasteiger partial charge in [-0.05, 0) is 42.5 Å². The van der Waals surface area contributed by atoms with Crippen LogP contribution in [-0.4, -0.2) is 46.5 Å². The third kappa shape index (κ3) is 6.44. The molecule has 0 saturated heterocycles. The lowest BCUT2D eigenvalue weighted by Crippen LogP contribution is -2.29. The zero-order valence-electron chi connectivity index (χ0n) is 19.6. The number of nitrogens with zero attached hydrogens (tertiary/aromatic N) is 4. The van der Waals surface area contributed by atoms with E-state index in [9.17, 15) is 4.79 Å². The second-order valence-corrected chi connectivity index (χ2v) is 7.86. The number of hydrogen-bond donors (Lipinski definition) is 3. The Morgan fingerprint density at radius 1 is 0.943 bits per heavy atom. The molecule has 0 atom stereocenters. The molecule has 2 aromatic heterocycles. The molecule has 0 spiro atoms. The van der Waals surface area contributed by atoms with Crippen LogP contribution >= 0.6 is 0 Å². The fourth-order valence-electron chi connectivity index (χ4n) is 3.47. The predicted molar refractivity (Wildman–Crippen MR) is 137 cm³/mol. The summed E-state index contributed by atoms with van der Waals surface area (Å²) in [4.78, 5) is 27.5. The van der Waals surface area contributed by atoms with Gasteiger partial charge in [0.25, 0.3) is 5.91 Å². The maximum atomic E-state index is 12.9. The lowest BCUT2D eigenvalue weighted by molar-refractivity contribution is 0.0796. The van der Waals surface area contributed by atoms with Crippen LogP contribution in [0.3, 0.4) is 0 Å². The maximum Gasteiger partial charge on any atom is 0.253 e. The van der Waals surface area contributed by atoms with Crippen LogP contribution in [0.25, 0.3) is 0 Å². The van der Waals surface area contributed by atoms with Crippen LogP contribution in [0, 0.1) is 0 Å². The number of ether oxygens (including phenoxy) is 1. The van der Waals surface area contributed by atoms with Gasteiger partial charge >= 0.3 is 0 Å². The van der Waals surface area contributed by atoms with Gasteiger partial charge in [-0.15, -0.1) is 0 Å². The van der Waals surface area contributed by atoms with Crippen molar-refractivity contribution in [3.63, 3.8) is 0 Å². The number of carbonyl (C=O) groups excluding carboxylic acids is 1. The van der Waals surface area contributed by atoms with Gasteiger partial charge in [0.2, 0.25) is 5.95 Å². The topological polar surface area (TPSA) is 118 Å². The average Bonchev–Trinajstić information content (AvgIpc) is 2.87. The molecule has 4 N–H and O–H groups in total. The number of likely N-dealkylation sites (N-methyl/N-ethyl adjacent to an activating group) is 1. The molecule has 0 aliphatic rings. The molecule has 2 aromatic carbocycles. The van der Waals surface area contributed by atoms with Crippen molar-refractivity contribution >= 4 is 34.9 Å². The fraction of sp³-hybridized carbons (Fsp3) is 0.154. The van der Waals surface area contributed by atoms with E-state index in [1.165, 1.54) is 0 Å². The number of nitrogens with two attached hydrogens (primary N) is 1. The fourth-order valence-corrected chi connectivity index (χ4v) is 3.47. The summed E-state index contributed by atoms with van der Waals surface area (Å²) in [6.07, 6.45) is 2.44.